The second-order valence-corrected chi connectivity index (χ2v) is 2.89. The van der Waals surface area contributed by atoms with Crippen molar-refractivity contribution in [1.29, 1.82) is 0 Å². The average Bonchev–Trinajstić information content (AvgIpc) is 2.20. The van der Waals surface area contributed by atoms with Gasteiger partial charge in [0.1, 0.15) is 6.61 Å². The van der Waals surface area contributed by atoms with Crippen molar-refractivity contribution in [2.24, 2.45) is 0 Å². The number of halogens is 1. The van der Waals surface area contributed by atoms with Crippen LogP contribution < -0.4 is 4.74 Å². The first-order valence-electron chi connectivity index (χ1n) is 4.79. The normalized spacial score (nSPS) is 10.1. The zero-order valence-electron chi connectivity index (χ0n) is 8.33. The summed E-state index contributed by atoms with van der Waals surface area (Å²) >= 11 is 0. The molecule has 0 fully saturated rings. The Labute approximate surface area is 83.6 Å². The number of rotatable bonds is 6. The predicted molar refractivity (Wildman–Crippen MR) is 53.0 cm³/mol. The second-order valence-electron chi connectivity index (χ2n) is 2.89. The third kappa shape index (κ3) is 3.75. The maximum atomic E-state index is 13.0. The maximum Gasteiger partial charge on any atom is 0.165 e. The maximum absolute atomic E-state index is 13.0. The Morgan fingerprint density at radius 2 is 1.93 bits per heavy atom. The predicted octanol–water partition coefficient (Wildman–Crippen LogP) is 2.63. The highest BCUT2D eigenvalue weighted by Crippen LogP contribution is 2.14. The molecule has 0 saturated carbocycles. The fourth-order valence-corrected chi connectivity index (χ4v) is 1.02. The van der Waals surface area contributed by atoms with Crippen LogP contribution in [0.3, 0.4) is 0 Å². The topological polar surface area (TPSA) is 18.5 Å². The molecule has 0 radical (unpaired) electrons. The van der Waals surface area contributed by atoms with Crippen molar-refractivity contribution in [3.05, 3.63) is 30.1 Å². The summed E-state index contributed by atoms with van der Waals surface area (Å²) in [7, 11) is 0. The van der Waals surface area contributed by atoms with E-state index in [1.54, 1.807) is 18.2 Å². The molecule has 78 valence electrons. The Hall–Kier alpha value is -1.09. The molecule has 0 aliphatic rings. The zero-order valence-corrected chi connectivity index (χ0v) is 8.33. The number of benzene rings is 1. The molecule has 0 spiro atoms. The quantitative estimate of drug-likeness (QED) is 0.654. The van der Waals surface area contributed by atoms with Gasteiger partial charge in [-0.3, -0.25) is 0 Å². The molecule has 0 amide bonds. The van der Waals surface area contributed by atoms with Crippen molar-refractivity contribution >= 4 is 0 Å². The van der Waals surface area contributed by atoms with E-state index < -0.39 is 0 Å². The smallest absolute Gasteiger partial charge is 0.165 e. The van der Waals surface area contributed by atoms with E-state index >= 15 is 0 Å². The van der Waals surface area contributed by atoms with Crippen LogP contribution in [-0.2, 0) is 4.74 Å². The minimum atomic E-state index is -0.331. The van der Waals surface area contributed by atoms with Crippen LogP contribution in [0.1, 0.15) is 13.3 Å². The van der Waals surface area contributed by atoms with Crippen molar-refractivity contribution in [2.45, 2.75) is 13.3 Å². The molecule has 0 unspecified atom stereocenters. The molecule has 1 aromatic carbocycles. The first-order valence-corrected chi connectivity index (χ1v) is 4.79. The molecular weight excluding hydrogens is 183 g/mol. The van der Waals surface area contributed by atoms with Crippen LogP contribution in [0.5, 0.6) is 5.75 Å². The third-order valence-corrected chi connectivity index (χ3v) is 1.67. The summed E-state index contributed by atoms with van der Waals surface area (Å²) < 4.78 is 23.4. The number of ether oxygens (including phenoxy) is 2. The summed E-state index contributed by atoms with van der Waals surface area (Å²) in [6.45, 7) is 3.65. The summed E-state index contributed by atoms with van der Waals surface area (Å²) in [5, 5.41) is 0. The monoisotopic (exact) mass is 198 g/mol. The van der Waals surface area contributed by atoms with E-state index in [0.29, 0.717) is 13.2 Å². The molecule has 1 aromatic rings. The van der Waals surface area contributed by atoms with E-state index in [2.05, 4.69) is 0 Å². The highest BCUT2D eigenvalue weighted by molar-refractivity contribution is 5.23. The molecule has 0 saturated heterocycles. The summed E-state index contributed by atoms with van der Waals surface area (Å²) in [6, 6.07) is 6.36. The number of hydrogen-bond acceptors (Lipinski definition) is 2. The van der Waals surface area contributed by atoms with Gasteiger partial charge in [0, 0.05) is 6.61 Å². The lowest BCUT2D eigenvalue weighted by atomic mass is 10.3. The first kappa shape index (κ1) is 11.0. The van der Waals surface area contributed by atoms with Crippen LogP contribution >= 0.6 is 0 Å². The third-order valence-electron chi connectivity index (χ3n) is 1.67. The average molecular weight is 198 g/mol. The van der Waals surface area contributed by atoms with E-state index in [0.717, 1.165) is 13.0 Å². The van der Waals surface area contributed by atoms with Gasteiger partial charge in [-0.05, 0) is 18.6 Å². The summed E-state index contributed by atoms with van der Waals surface area (Å²) in [6.07, 6.45) is 0.986. The van der Waals surface area contributed by atoms with Crippen molar-refractivity contribution in [3.8, 4) is 5.75 Å². The van der Waals surface area contributed by atoms with Gasteiger partial charge in [-0.15, -0.1) is 0 Å². The van der Waals surface area contributed by atoms with Gasteiger partial charge in [0.05, 0.1) is 6.61 Å². The Kier molecular flexibility index (Phi) is 5.00. The zero-order chi connectivity index (χ0) is 10.2. The number of para-hydroxylation sites is 1. The van der Waals surface area contributed by atoms with Gasteiger partial charge in [-0.1, -0.05) is 19.1 Å². The lowest BCUT2D eigenvalue weighted by Crippen LogP contribution is -2.07. The van der Waals surface area contributed by atoms with Crippen LogP contribution in [0, 0.1) is 5.82 Å². The molecule has 3 heteroatoms. The van der Waals surface area contributed by atoms with Gasteiger partial charge in [-0.2, -0.15) is 0 Å². The van der Waals surface area contributed by atoms with Crippen LogP contribution in [0.4, 0.5) is 4.39 Å². The minimum Gasteiger partial charge on any atom is -0.488 e. The van der Waals surface area contributed by atoms with Gasteiger partial charge < -0.3 is 9.47 Å². The summed E-state index contributed by atoms with van der Waals surface area (Å²) in [5.41, 5.74) is 0. The lowest BCUT2D eigenvalue weighted by molar-refractivity contribution is 0.0992. The molecule has 0 aliphatic carbocycles. The van der Waals surface area contributed by atoms with Gasteiger partial charge in [0.2, 0.25) is 0 Å². The first-order chi connectivity index (χ1) is 6.84. The van der Waals surface area contributed by atoms with Crippen molar-refractivity contribution in [1.82, 2.24) is 0 Å². The Morgan fingerprint density at radius 1 is 1.14 bits per heavy atom. The van der Waals surface area contributed by atoms with E-state index in [-0.39, 0.29) is 11.6 Å². The van der Waals surface area contributed by atoms with Gasteiger partial charge >= 0.3 is 0 Å². The SMILES string of the molecule is CCCOCCOc1ccccc1F. The molecule has 0 aliphatic heterocycles. The molecule has 0 heterocycles. The largest absolute Gasteiger partial charge is 0.488 e. The molecule has 0 aromatic heterocycles. The fourth-order valence-electron chi connectivity index (χ4n) is 1.02. The molecule has 1 rings (SSSR count). The van der Waals surface area contributed by atoms with Gasteiger partial charge in [-0.25, -0.2) is 4.39 Å². The van der Waals surface area contributed by atoms with Crippen LogP contribution in [-0.4, -0.2) is 19.8 Å². The fraction of sp³-hybridized carbons (Fsp3) is 0.455. The van der Waals surface area contributed by atoms with Crippen molar-refractivity contribution < 1.29 is 13.9 Å². The Bertz CT molecular complexity index is 263. The van der Waals surface area contributed by atoms with Crippen LogP contribution in [0.25, 0.3) is 0 Å². The van der Waals surface area contributed by atoms with Crippen LogP contribution in [0.15, 0.2) is 24.3 Å². The van der Waals surface area contributed by atoms with E-state index in [1.165, 1.54) is 6.07 Å². The van der Waals surface area contributed by atoms with Crippen molar-refractivity contribution in [2.75, 3.05) is 19.8 Å². The molecule has 0 atom stereocenters. The summed E-state index contributed by atoms with van der Waals surface area (Å²) in [4.78, 5) is 0. The highest BCUT2D eigenvalue weighted by Gasteiger charge is 1.99. The highest BCUT2D eigenvalue weighted by atomic mass is 19.1. The molecule has 0 N–H and O–H groups in total. The van der Waals surface area contributed by atoms with Crippen molar-refractivity contribution in [3.63, 3.8) is 0 Å². The second kappa shape index (κ2) is 6.38. The number of hydrogen-bond donors (Lipinski definition) is 0. The molecular formula is C11H15FO2. The molecule has 0 bridgehead atoms. The Morgan fingerprint density at radius 3 is 2.64 bits per heavy atom. The van der Waals surface area contributed by atoms with Gasteiger partial charge in [0.15, 0.2) is 11.6 Å². The molecule has 14 heavy (non-hydrogen) atoms. The van der Waals surface area contributed by atoms with Crippen LogP contribution in [0.2, 0.25) is 0 Å². The minimum absolute atomic E-state index is 0.285. The lowest BCUT2D eigenvalue weighted by Gasteiger charge is -2.06. The molecule has 2 nitrogen and oxygen atoms in total. The Balaban J connectivity index is 2.21. The van der Waals surface area contributed by atoms with Gasteiger partial charge in [0.25, 0.3) is 0 Å². The summed E-state index contributed by atoms with van der Waals surface area (Å²) in [5.74, 6) is -0.0458. The van der Waals surface area contributed by atoms with E-state index in [9.17, 15) is 4.39 Å². The van der Waals surface area contributed by atoms with E-state index in [4.69, 9.17) is 9.47 Å². The van der Waals surface area contributed by atoms with E-state index in [1.807, 2.05) is 6.92 Å². The standard InChI is InChI=1S/C11H15FO2/c1-2-7-13-8-9-14-11-6-4-3-5-10(11)12/h3-6H,2,7-9H2,1H3.